The molecule has 0 saturated heterocycles. The van der Waals surface area contributed by atoms with Gasteiger partial charge in [0.05, 0.1) is 7.11 Å². The van der Waals surface area contributed by atoms with Crippen LogP contribution in [0, 0.1) is 0 Å². The van der Waals surface area contributed by atoms with Gasteiger partial charge < -0.3 is 10.5 Å². The molecule has 0 heterocycles. The summed E-state index contributed by atoms with van der Waals surface area (Å²) in [6, 6.07) is 5.54. The first-order valence-corrected chi connectivity index (χ1v) is 5.51. The predicted octanol–water partition coefficient (Wildman–Crippen LogP) is 2.35. The number of ether oxygens (including phenoxy) is 1. The number of rotatable bonds is 5. The number of nitrogens with two attached hydrogens (primary N) is 1. The first-order chi connectivity index (χ1) is 7.60. The van der Waals surface area contributed by atoms with E-state index in [0.717, 1.165) is 16.9 Å². The second kappa shape index (κ2) is 5.66. The van der Waals surface area contributed by atoms with Gasteiger partial charge in [0.25, 0.3) is 0 Å². The van der Waals surface area contributed by atoms with Crippen molar-refractivity contribution in [3.05, 3.63) is 29.3 Å². The lowest BCUT2D eigenvalue weighted by Gasteiger charge is -2.13. The van der Waals surface area contributed by atoms with Crippen molar-refractivity contribution in [1.29, 1.82) is 0 Å². The molecular weight excluding hydrogens is 202 g/mol. The minimum absolute atomic E-state index is 0.0899. The van der Waals surface area contributed by atoms with Gasteiger partial charge in [-0.2, -0.15) is 0 Å². The Labute approximate surface area is 96.6 Å². The summed E-state index contributed by atoms with van der Waals surface area (Å²) in [4.78, 5) is 11.7. The largest absolute Gasteiger partial charge is 0.496 e. The third-order valence-electron chi connectivity index (χ3n) is 2.55. The molecule has 2 N–H and O–H groups in total. The molecule has 88 valence electrons. The van der Waals surface area contributed by atoms with E-state index in [9.17, 15) is 4.79 Å². The Morgan fingerprint density at radius 2 is 2.12 bits per heavy atom. The Morgan fingerprint density at radius 1 is 1.44 bits per heavy atom. The number of carbonyl (C=O) groups is 1. The van der Waals surface area contributed by atoms with Crippen molar-refractivity contribution >= 4 is 5.78 Å². The Kier molecular flexibility index (Phi) is 4.50. The summed E-state index contributed by atoms with van der Waals surface area (Å²) in [6.07, 6.45) is 0.393. The first-order valence-electron chi connectivity index (χ1n) is 5.51. The van der Waals surface area contributed by atoms with E-state index in [1.807, 2.05) is 12.1 Å². The smallest absolute Gasteiger partial charge is 0.164 e. The average molecular weight is 221 g/mol. The standard InChI is InChI=1S/C13H19NO2/c1-9(2)11-8-10(12(15)6-7-14)4-5-13(11)16-3/h4-5,8-9H,6-7,14H2,1-3H3. The van der Waals surface area contributed by atoms with Crippen LogP contribution in [0.1, 0.15) is 42.1 Å². The van der Waals surface area contributed by atoms with Crippen molar-refractivity contribution in [3.8, 4) is 5.75 Å². The molecular formula is C13H19NO2. The van der Waals surface area contributed by atoms with Crippen molar-refractivity contribution < 1.29 is 9.53 Å². The van der Waals surface area contributed by atoms with E-state index in [1.165, 1.54) is 0 Å². The Morgan fingerprint density at radius 3 is 2.62 bits per heavy atom. The van der Waals surface area contributed by atoms with Crippen LogP contribution in [0.4, 0.5) is 0 Å². The third-order valence-corrected chi connectivity index (χ3v) is 2.55. The summed E-state index contributed by atoms with van der Waals surface area (Å²) in [5.74, 6) is 1.26. The maximum Gasteiger partial charge on any atom is 0.164 e. The van der Waals surface area contributed by atoms with Gasteiger partial charge in [-0.3, -0.25) is 4.79 Å². The Hall–Kier alpha value is -1.35. The molecule has 0 aliphatic rings. The molecule has 0 aliphatic carbocycles. The minimum Gasteiger partial charge on any atom is -0.496 e. The first kappa shape index (κ1) is 12.7. The molecule has 0 bridgehead atoms. The molecule has 1 aromatic carbocycles. The van der Waals surface area contributed by atoms with Crippen molar-refractivity contribution in [2.24, 2.45) is 5.73 Å². The van der Waals surface area contributed by atoms with Crippen LogP contribution in [0.25, 0.3) is 0 Å². The molecule has 0 radical (unpaired) electrons. The summed E-state index contributed by atoms with van der Waals surface area (Å²) in [5.41, 5.74) is 7.15. The second-order valence-electron chi connectivity index (χ2n) is 4.07. The summed E-state index contributed by atoms with van der Waals surface area (Å²) in [5, 5.41) is 0. The van der Waals surface area contributed by atoms with Gasteiger partial charge >= 0.3 is 0 Å². The van der Waals surface area contributed by atoms with Crippen LogP contribution in [0.2, 0.25) is 0 Å². The van der Waals surface area contributed by atoms with E-state index in [0.29, 0.717) is 18.9 Å². The van der Waals surface area contributed by atoms with Crippen LogP contribution in [-0.4, -0.2) is 19.4 Å². The maximum atomic E-state index is 11.7. The summed E-state index contributed by atoms with van der Waals surface area (Å²) in [6.45, 7) is 4.55. The molecule has 1 rings (SSSR count). The number of benzene rings is 1. The second-order valence-corrected chi connectivity index (χ2v) is 4.07. The zero-order valence-corrected chi connectivity index (χ0v) is 10.1. The molecule has 3 heteroatoms. The van der Waals surface area contributed by atoms with Crippen LogP contribution in [0.5, 0.6) is 5.75 Å². The van der Waals surface area contributed by atoms with Crippen molar-refractivity contribution in [2.45, 2.75) is 26.2 Å². The van der Waals surface area contributed by atoms with E-state index in [1.54, 1.807) is 13.2 Å². The normalized spacial score (nSPS) is 10.6. The molecule has 0 unspecified atom stereocenters. The molecule has 0 fully saturated rings. The number of methoxy groups -OCH3 is 1. The molecule has 0 spiro atoms. The van der Waals surface area contributed by atoms with Gasteiger partial charge in [0.1, 0.15) is 5.75 Å². The van der Waals surface area contributed by atoms with E-state index in [4.69, 9.17) is 10.5 Å². The predicted molar refractivity (Wildman–Crippen MR) is 65.1 cm³/mol. The van der Waals surface area contributed by atoms with E-state index in [-0.39, 0.29) is 5.78 Å². The van der Waals surface area contributed by atoms with Crippen molar-refractivity contribution in [1.82, 2.24) is 0 Å². The highest BCUT2D eigenvalue weighted by molar-refractivity contribution is 5.96. The van der Waals surface area contributed by atoms with Gasteiger partial charge in [0.15, 0.2) is 5.78 Å². The number of ketones is 1. The van der Waals surface area contributed by atoms with Crippen molar-refractivity contribution in [2.75, 3.05) is 13.7 Å². The highest BCUT2D eigenvalue weighted by Crippen LogP contribution is 2.27. The van der Waals surface area contributed by atoms with Crippen LogP contribution in [0.15, 0.2) is 18.2 Å². The molecule has 0 saturated carbocycles. The molecule has 0 amide bonds. The lowest BCUT2D eigenvalue weighted by Crippen LogP contribution is -2.09. The van der Waals surface area contributed by atoms with Crippen molar-refractivity contribution in [3.63, 3.8) is 0 Å². The molecule has 0 aromatic heterocycles. The lowest BCUT2D eigenvalue weighted by molar-refractivity contribution is 0.0985. The van der Waals surface area contributed by atoms with E-state index < -0.39 is 0 Å². The van der Waals surface area contributed by atoms with Crippen LogP contribution in [-0.2, 0) is 0 Å². The number of Topliss-reactive ketones (excluding diaryl/α,β-unsaturated/α-hetero) is 1. The number of hydrogen-bond acceptors (Lipinski definition) is 3. The van der Waals surface area contributed by atoms with Gasteiger partial charge in [0.2, 0.25) is 0 Å². The maximum absolute atomic E-state index is 11.7. The fourth-order valence-corrected chi connectivity index (χ4v) is 1.63. The van der Waals surface area contributed by atoms with E-state index in [2.05, 4.69) is 13.8 Å². The Bertz CT molecular complexity index is 372. The highest BCUT2D eigenvalue weighted by Gasteiger charge is 2.11. The molecule has 16 heavy (non-hydrogen) atoms. The zero-order chi connectivity index (χ0) is 12.1. The summed E-state index contributed by atoms with van der Waals surface area (Å²) < 4.78 is 5.27. The molecule has 0 aliphatic heterocycles. The lowest BCUT2D eigenvalue weighted by atomic mass is 9.97. The zero-order valence-electron chi connectivity index (χ0n) is 10.1. The number of hydrogen-bond donors (Lipinski definition) is 1. The minimum atomic E-state index is 0.0899. The summed E-state index contributed by atoms with van der Waals surface area (Å²) in [7, 11) is 1.64. The fourth-order valence-electron chi connectivity index (χ4n) is 1.63. The van der Waals surface area contributed by atoms with Gasteiger partial charge in [-0.15, -0.1) is 0 Å². The van der Waals surface area contributed by atoms with Gasteiger partial charge in [-0.1, -0.05) is 13.8 Å². The molecule has 1 aromatic rings. The summed E-state index contributed by atoms with van der Waals surface area (Å²) >= 11 is 0. The van der Waals surface area contributed by atoms with Crippen LogP contribution >= 0.6 is 0 Å². The molecule has 3 nitrogen and oxygen atoms in total. The van der Waals surface area contributed by atoms with Crippen LogP contribution < -0.4 is 10.5 Å². The van der Waals surface area contributed by atoms with Gasteiger partial charge in [-0.25, -0.2) is 0 Å². The highest BCUT2D eigenvalue weighted by atomic mass is 16.5. The monoisotopic (exact) mass is 221 g/mol. The van der Waals surface area contributed by atoms with Crippen LogP contribution in [0.3, 0.4) is 0 Å². The quantitative estimate of drug-likeness (QED) is 0.776. The van der Waals surface area contributed by atoms with Gasteiger partial charge in [-0.05, 0) is 36.2 Å². The number of carbonyl (C=O) groups excluding carboxylic acids is 1. The average Bonchev–Trinajstić information content (AvgIpc) is 2.28. The van der Waals surface area contributed by atoms with Gasteiger partial charge in [0, 0.05) is 12.0 Å². The van der Waals surface area contributed by atoms with E-state index >= 15 is 0 Å². The SMILES string of the molecule is COc1ccc(C(=O)CCN)cc1C(C)C. The fraction of sp³-hybridized carbons (Fsp3) is 0.462. The molecule has 0 atom stereocenters. The topological polar surface area (TPSA) is 52.3 Å². The Balaban J connectivity index is 3.06. The third kappa shape index (κ3) is 2.83.